The number of nitro groups is 1. The van der Waals surface area contributed by atoms with Crippen molar-refractivity contribution < 1.29 is 19.2 Å². The van der Waals surface area contributed by atoms with Gasteiger partial charge in [-0.25, -0.2) is 0 Å². The van der Waals surface area contributed by atoms with E-state index >= 15 is 0 Å². The topological polar surface area (TPSA) is 86.5 Å². The number of carbonyl (C=O) groups excluding carboxylic acids is 2. The molecule has 0 heterocycles. The Morgan fingerprint density at radius 1 is 0.862 bits per heavy atom. The van der Waals surface area contributed by atoms with E-state index < -0.39 is 16.5 Å². The van der Waals surface area contributed by atoms with Gasteiger partial charge in [-0.3, -0.25) is 19.7 Å². The molecule has 0 fully saturated rings. The molecule has 0 amide bonds. The van der Waals surface area contributed by atoms with Crippen molar-refractivity contribution >= 4 is 34.9 Å². The second kappa shape index (κ2) is 7.33. The van der Waals surface area contributed by atoms with Gasteiger partial charge in [-0.05, 0) is 29.8 Å². The molecule has 142 valence electrons. The van der Waals surface area contributed by atoms with Crippen molar-refractivity contribution in [2.75, 3.05) is 0 Å². The van der Waals surface area contributed by atoms with Crippen molar-refractivity contribution in [3.63, 3.8) is 0 Å². The number of hydrogen-bond donors (Lipinski definition) is 0. The lowest BCUT2D eigenvalue weighted by Crippen LogP contribution is -2.00. The van der Waals surface area contributed by atoms with Crippen LogP contribution in [0.4, 0.5) is 5.69 Å². The highest BCUT2D eigenvalue weighted by Crippen LogP contribution is 2.36. The Kier molecular flexibility index (Phi) is 4.70. The number of halogens is 1. The van der Waals surface area contributed by atoms with Gasteiger partial charge in [-0.2, -0.15) is 0 Å². The van der Waals surface area contributed by atoms with E-state index in [9.17, 15) is 19.7 Å². The molecule has 0 aliphatic heterocycles. The molecular weight excluding hydrogens is 394 g/mol. The molecule has 6 nitrogen and oxygen atoms in total. The minimum Gasteiger partial charge on any atom is -0.449 e. The van der Waals surface area contributed by atoms with Gasteiger partial charge in [-0.1, -0.05) is 54.1 Å². The van der Waals surface area contributed by atoms with Gasteiger partial charge >= 0.3 is 5.69 Å². The molecule has 1 aliphatic rings. The fourth-order valence-corrected chi connectivity index (χ4v) is 3.24. The Bertz CT molecular complexity index is 1180. The van der Waals surface area contributed by atoms with Crippen LogP contribution in [0.5, 0.6) is 11.5 Å². The predicted octanol–water partition coefficient (Wildman–Crippen LogP) is 5.50. The van der Waals surface area contributed by atoms with Crippen LogP contribution in [0, 0.1) is 10.1 Å². The fraction of sp³-hybridized carbons (Fsp3) is 0. The number of nitro benzene ring substituents is 1. The number of Topliss-reactive ketones (excluding diaryl/α,β-unsaturated/α-hetero) is 2. The van der Waals surface area contributed by atoms with Crippen molar-refractivity contribution in [3.05, 3.63) is 104 Å². The number of rotatable bonds is 4. The smallest absolute Gasteiger partial charge is 0.312 e. The number of ketones is 2. The van der Waals surface area contributed by atoms with Gasteiger partial charge in [0.05, 0.1) is 15.5 Å². The fourth-order valence-electron chi connectivity index (χ4n) is 3.07. The molecular formula is C22H12ClNO5. The molecule has 3 aromatic carbocycles. The molecule has 0 radical (unpaired) electrons. The van der Waals surface area contributed by atoms with Crippen LogP contribution in [-0.4, -0.2) is 16.5 Å². The van der Waals surface area contributed by atoms with Crippen molar-refractivity contribution in [3.8, 4) is 11.5 Å². The van der Waals surface area contributed by atoms with E-state index in [-0.39, 0.29) is 22.8 Å². The summed E-state index contributed by atoms with van der Waals surface area (Å²) in [6.07, 6.45) is 1.36. The average Bonchev–Trinajstić information content (AvgIpc) is 2.96. The number of nitrogens with zero attached hydrogens (tertiary/aromatic N) is 1. The van der Waals surface area contributed by atoms with Crippen LogP contribution in [-0.2, 0) is 0 Å². The van der Waals surface area contributed by atoms with Gasteiger partial charge in [0, 0.05) is 17.2 Å². The third-order valence-electron chi connectivity index (χ3n) is 4.45. The zero-order valence-electron chi connectivity index (χ0n) is 14.8. The first-order valence-corrected chi connectivity index (χ1v) is 8.94. The Labute approximate surface area is 170 Å². The second-order valence-electron chi connectivity index (χ2n) is 6.28. The summed E-state index contributed by atoms with van der Waals surface area (Å²) in [7, 11) is 0. The summed E-state index contributed by atoms with van der Waals surface area (Å²) >= 11 is 6.05. The third kappa shape index (κ3) is 3.41. The van der Waals surface area contributed by atoms with Crippen molar-refractivity contribution in [1.29, 1.82) is 0 Å². The van der Waals surface area contributed by atoms with Crippen LogP contribution in [0.3, 0.4) is 0 Å². The van der Waals surface area contributed by atoms with Gasteiger partial charge in [0.1, 0.15) is 5.75 Å². The number of carbonyl (C=O) groups is 2. The van der Waals surface area contributed by atoms with E-state index in [2.05, 4.69) is 0 Å². The van der Waals surface area contributed by atoms with Crippen LogP contribution in [0.2, 0.25) is 5.02 Å². The monoisotopic (exact) mass is 405 g/mol. The van der Waals surface area contributed by atoms with E-state index in [1.54, 1.807) is 48.5 Å². The maximum atomic E-state index is 12.5. The SMILES string of the molecule is O=C1C(=Cc2ccc(Oc3ccccc3Cl)c([N+](=O)[O-])c2)C(=O)c2ccccc21. The molecule has 4 rings (SSSR count). The van der Waals surface area contributed by atoms with Crippen LogP contribution in [0.15, 0.2) is 72.3 Å². The molecule has 0 aromatic heterocycles. The molecule has 0 unspecified atom stereocenters. The highest BCUT2D eigenvalue weighted by Gasteiger charge is 2.32. The van der Waals surface area contributed by atoms with Crippen LogP contribution in [0.1, 0.15) is 26.3 Å². The molecule has 0 N–H and O–H groups in total. The highest BCUT2D eigenvalue weighted by atomic mass is 35.5. The molecule has 1 aliphatic carbocycles. The summed E-state index contributed by atoms with van der Waals surface area (Å²) in [5.74, 6) is -0.521. The van der Waals surface area contributed by atoms with Crippen molar-refractivity contribution in [2.45, 2.75) is 0 Å². The van der Waals surface area contributed by atoms with Crippen LogP contribution < -0.4 is 4.74 Å². The van der Waals surface area contributed by atoms with Crippen molar-refractivity contribution in [2.24, 2.45) is 0 Å². The summed E-state index contributed by atoms with van der Waals surface area (Å²) in [4.78, 5) is 36.0. The predicted molar refractivity (Wildman–Crippen MR) is 108 cm³/mol. The minimum absolute atomic E-state index is 0.00221. The van der Waals surface area contributed by atoms with E-state index in [4.69, 9.17) is 16.3 Å². The number of benzene rings is 3. The van der Waals surface area contributed by atoms with E-state index in [1.807, 2.05) is 0 Å². The number of hydrogen-bond acceptors (Lipinski definition) is 5. The first kappa shape index (κ1) is 18.6. The lowest BCUT2D eigenvalue weighted by atomic mass is 10.1. The normalized spacial score (nSPS) is 12.7. The first-order valence-electron chi connectivity index (χ1n) is 8.56. The lowest BCUT2D eigenvalue weighted by molar-refractivity contribution is -0.385. The third-order valence-corrected chi connectivity index (χ3v) is 4.77. The summed E-state index contributed by atoms with van der Waals surface area (Å²) in [6, 6.07) is 17.3. The summed E-state index contributed by atoms with van der Waals surface area (Å²) < 4.78 is 5.59. The van der Waals surface area contributed by atoms with Crippen LogP contribution in [0.25, 0.3) is 6.08 Å². The largest absolute Gasteiger partial charge is 0.449 e. The maximum Gasteiger partial charge on any atom is 0.312 e. The summed E-state index contributed by atoms with van der Waals surface area (Å²) in [5, 5.41) is 11.8. The molecule has 0 spiro atoms. The number of ether oxygens (including phenoxy) is 1. The average molecular weight is 406 g/mol. The summed E-state index contributed by atoms with van der Waals surface area (Å²) in [5.41, 5.74) is 0.663. The number of allylic oxidation sites excluding steroid dienone is 1. The Morgan fingerprint density at radius 3 is 2.10 bits per heavy atom. The zero-order chi connectivity index (χ0) is 20.5. The van der Waals surface area contributed by atoms with E-state index in [1.165, 1.54) is 24.3 Å². The molecule has 0 bridgehead atoms. The van der Waals surface area contributed by atoms with Gasteiger partial charge in [-0.15, -0.1) is 0 Å². The molecule has 29 heavy (non-hydrogen) atoms. The van der Waals surface area contributed by atoms with Gasteiger partial charge in [0.15, 0.2) is 11.6 Å². The highest BCUT2D eigenvalue weighted by molar-refractivity contribution is 6.41. The lowest BCUT2D eigenvalue weighted by Gasteiger charge is -2.08. The Balaban J connectivity index is 1.72. The minimum atomic E-state index is -0.596. The Hall–Kier alpha value is -3.77. The molecule has 0 atom stereocenters. The quantitative estimate of drug-likeness (QED) is 0.247. The Morgan fingerprint density at radius 2 is 1.48 bits per heavy atom. The number of para-hydroxylation sites is 1. The second-order valence-corrected chi connectivity index (χ2v) is 6.69. The first-order chi connectivity index (χ1) is 14.0. The summed E-state index contributed by atoms with van der Waals surface area (Å²) in [6.45, 7) is 0. The molecule has 3 aromatic rings. The van der Waals surface area contributed by atoms with E-state index in [0.717, 1.165) is 0 Å². The maximum absolute atomic E-state index is 12.5. The number of fused-ring (bicyclic) bond motifs is 1. The van der Waals surface area contributed by atoms with Gasteiger partial charge < -0.3 is 4.74 Å². The van der Waals surface area contributed by atoms with Gasteiger partial charge in [0.2, 0.25) is 5.75 Å². The molecule has 7 heteroatoms. The van der Waals surface area contributed by atoms with Crippen molar-refractivity contribution in [1.82, 2.24) is 0 Å². The standard InChI is InChI=1S/C22H12ClNO5/c23-17-7-3-4-8-19(17)29-20-10-9-13(12-18(20)24(27)28)11-16-21(25)14-5-1-2-6-15(14)22(16)26/h1-12H. The zero-order valence-corrected chi connectivity index (χ0v) is 15.6. The van der Waals surface area contributed by atoms with E-state index in [0.29, 0.717) is 21.7 Å². The molecule has 0 saturated carbocycles. The molecule has 0 saturated heterocycles. The van der Waals surface area contributed by atoms with Gasteiger partial charge in [0.25, 0.3) is 0 Å². The van der Waals surface area contributed by atoms with Crippen LogP contribution >= 0.6 is 11.6 Å².